The molecule has 0 spiro atoms. The fraction of sp³-hybridized carbons (Fsp3) is 0.312. The van der Waals surface area contributed by atoms with Crippen LogP contribution in [0.5, 0.6) is 0 Å². The van der Waals surface area contributed by atoms with Crippen molar-refractivity contribution >= 4 is 45.5 Å². The Balaban J connectivity index is 1.91. The van der Waals surface area contributed by atoms with Crippen molar-refractivity contribution < 1.29 is 4.79 Å². The summed E-state index contributed by atoms with van der Waals surface area (Å²) in [6.07, 6.45) is 3.51. The Labute approximate surface area is 142 Å². The highest BCUT2D eigenvalue weighted by atomic mass is 127. The molecule has 0 saturated carbocycles. The first kappa shape index (κ1) is 14.8. The summed E-state index contributed by atoms with van der Waals surface area (Å²) < 4.78 is 1.34. The molecule has 1 atom stereocenters. The van der Waals surface area contributed by atoms with Crippen LogP contribution >= 0.6 is 33.9 Å². The van der Waals surface area contributed by atoms with Gasteiger partial charge in [-0.15, -0.1) is 11.3 Å². The molecule has 3 N–H and O–H groups in total. The summed E-state index contributed by atoms with van der Waals surface area (Å²) in [4.78, 5) is 13.0. The predicted molar refractivity (Wildman–Crippen MR) is 96.0 cm³/mol. The smallest absolute Gasteiger partial charge is 0.249 e. The lowest BCUT2D eigenvalue weighted by molar-refractivity contribution is 0.1000. The third-order valence-corrected chi connectivity index (χ3v) is 5.98. The number of thiophene rings is 1. The van der Waals surface area contributed by atoms with E-state index in [1.54, 1.807) is 6.07 Å². The van der Waals surface area contributed by atoms with Gasteiger partial charge in [0.15, 0.2) is 0 Å². The monoisotopic (exact) mass is 412 g/mol. The molecule has 1 unspecified atom stereocenters. The number of amides is 1. The first-order valence-corrected chi connectivity index (χ1v) is 8.90. The lowest BCUT2D eigenvalue weighted by Gasteiger charge is -2.25. The minimum absolute atomic E-state index is 0.329. The zero-order valence-corrected chi connectivity index (χ0v) is 14.8. The summed E-state index contributed by atoms with van der Waals surface area (Å²) in [5, 5.41) is 3.61. The van der Waals surface area contributed by atoms with E-state index in [2.05, 4.69) is 34.0 Å². The van der Waals surface area contributed by atoms with Crippen molar-refractivity contribution in [3.63, 3.8) is 0 Å². The van der Waals surface area contributed by atoms with Gasteiger partial charge in [0.25, 0.3) is 0 Å². The topological polar surface area (TPSA) is 55.1 Å². The molecule has 0 aliphatic heterocycles. The van der Waals surface area contributed by atoms with Gasteiger partial charge in [0.05, 0.1) is 8.93 Å². The van der Waals surface area contributed by atoms with Crippen molar-refractivity contribution in [1.29, 1.82) is 0 Å². The largest absolute Gasteiger partial charge is 0.378 e. The highest BCUT2D eigenvalue weighted by Gasteiger charge is 2.23. The van der Waals surface area contributed by atoms with E-state index in [-0.39, 0.29) is 5.91 Å². The average Bonchev–Trinajstić information content (AvgIpc) is 2.82. The molecule has 110 valence electrons. The number of hydrogen-bond acceptors (Lipinski definition) is 3. The van der Waals surface area contributed by atoms with Crippen LogP contribution in [0.2, 0.25) is 0 Å². The van der Waals surface area contributed by atoms with E-state index in [0.29, 0.717) is 11.6 Å². The molecule has 0 radical (unpaired) electrons. The molecule has 1 aliphatic rings. The molecule has 3 nitrogen and oxygen atoms in total. The Hall–Kier alpha value is -1.08. The van der Waals surface area contributed by atoms with E-state index in [1.165, 1.54) is 26.2 Å². The fourth-order valence-corrected chi connectivity index (χ4v) is 5.04. The molecule has 1 heterocycles. The summed E-state index contributed by atoms with van der Waals surface area (Å²) in [5.74, 6) is -0.370. The van der Waals surface area contributed by atoms with E-state index in [9.17, 15) is 4.79 Å². The molecule has 1 aromatic carbocycles. The van der Waals surface area contributed by atoms with Crippen LogP contribution in [0.15, 0.2) is 24.3 Å². The first-order valence-electron chi connectivity index (χ1n) is 7.00. The number of primary amides is 1. The number of benzene rings is 1. The molecule has 3 rings (SSSR count). The van der Waals surface area contributed by atoms with E-state index in [0.717, 1.165) is 17.7 Å². The van der Waals surface area contributed by atoms with E-state index < -0.39 is 0 Å². The van der Waals surface area contributed by atoms with E-state index >= 15 is 0 Å². The summed E-state index contributed by atoms with van der Waals surface area (Å²) in [6.45, 7) is 1.95. The highest BCUT2D eigenvalue weighted by molar-refractivity contribution is 14.1. The van der Waals surface area contributed by atoms with Gasteiger partial charge in [-0.05, 0) is 78.1 Å². The molecule has 2 aromatic rings. The predicted octanol–water partition coefficient (Wildman–Crippen LogP) is 4.25. The summed E-state index contributed by atoms with van der Waals surface area (Å²) in [6, 6.07) is 8.30. The zero-order valence-electron chi connectivity index (χ0n) is 11.8. The van der Waals surface area contributed by atoms with Crippen LogP contribution in [0.1, 0.15) is 45.2 Å². The second kappa shape index (κ2) is 5.96. The van der Waals surface area contributed by atoms with Gasteiger partial charge in [0.2, 0.25) is 5.91 Å². The summed E-state index contributed by atoms with van der Waals surface area (Å²) >= 11 is 4.28. The zero-order chi connectivity index (χ0) is 15.0. The number of fused-ring (bicyclic) bond motifs is 1. The van der Waals surface area contributed by atoms with E-state index in [4.69, 9.17) is 5.73 Å². The van der Waals surface area contributed by atoms with Crippen LogP contribution < -0.4 is 11.1 Å². The standard InChI is InChI=1S/C16H17IN2OS/c1-9-10(16(18)20)4-2-5-12(9)19-13-6-3-7-14-11(13)8-15(17)21-14/h2,4-5,8,13,19H,3,6-7H2,1H3,(H2,18,20). The fourth-order valence-electron chi connectivity index (χ4n) is 2.92. The molecular weight excluding hydrogens is 395 g/mol. The molecule has 1 aliphatic carbocycles. The van der Waals surface area contributed by atoms with Crippen molar-refractivity contribution in [3.05, 3.63) is 48.7 Å². The Kier molecular flexibility index (Phi) is 4.21. The van der Waals surface area contributed by atoms with Crippen LogP contribution in [0.3, 0.4) is 0 Å². The number of aryl methyl sites for hydroxylation is 1. The highest BCUT2D eigenvalue weighted by Crippen LogP contribution is 2.38. The quantitative estimate of drug-likeness (QED) is 0.741. The van der Waals surface area contributed by atoms with Gasteiger partial charge in [0.1, 0.15) is 0 Å². The minimum atomic E-state index is -0.370. The van der Waals surface area contributed by atoms with Crippen molar-refractivity contribution in [2.75, 3.05) is 5.32 Å². The second-order valence-electron chi connectivity index (χ2n) is 5.36. The molecule has 5 heteroatoms. The lowest BCUT2D eigenvalue weighted by atomic mass is 9.93. The molecule has 1 amide bonds. The summed E-state index contributed by atoms with van der Waals surface area (Å²) in [5.41, 5.74) is 9.38. The number of carbonyl (C=O) groups excluding carboxylic acids is 1. The maximum atomic E-state index is 11.5. The van der Waals surface area contributed by atoms with Gasteiger partial charge in [-0.25, -0.2) is 0 Å². The number of hydrogen-bond donors (Lipinski definition) is 2. The maximum Gasteiger partial charge on any atom is 0.249 e. The molecular formula is C16H17IN2OS. The van der Waals surface area contributed by atoms with Gasteiger partial charge in [0, 0.05) is 16.1 Å². The number of rotatable bonds is 3. The third-order valence-electron chi connectivity index (χ3n) is 4.01. The van der Waals surface area contributed by atoms with Crippen LogP contribution in [0.4, 0.5) is 5.69 Å². The maximum absolute atomic E-state index is 11.5. The van der Waals surface area contributed by atoms with Crippen molar-refractivity contribution in [1.82, 2.24) is 0 Å². The van der Waals surface area contributed by atoms with Crippen molar-refractivity contribution in [3.8, 4) is 0 Å². The Bertz CT molecular complexity index is 696. The SMILES string of the molecule is Cc1c(NC2CCCc3sc(I)cc32)cccc1C(N)=O. The molecule has 0 saturated heterocycles. The summed E-state index contributed by atoms with van der Waals surface area (Å²) in [7, 11) is 0. The van der Waals surface area contributed by atoms with Gasteiger partial charge in [-0.1, -0.05) is 6.07 Å². The van der Waals surface area contributed by atoms with Gasteiger partial charge in [-0.2, -0.15) is 0 Å². The van der Waals surface area contributed by atoms with Crippen molar-refractivity contribution in [2.45, 2.75) is 32.2 Å². The van der Waals surface area contributed by atoms with Crippen LogP contribution in [-0.4, -0.2) is 5.91 Å². The first-order chi connectivity index (χ1) is 10.1. The van der Waals surface area contributed by atoms with E-state index in [1.807, 2.05) is 30.4 Å². The number of carbonyl (C=O) groups is 1. The molecule has 0 bridgehead atoms. The second-order valence-corrected chi connectivity index (χ2v) is 8.39. The molecule has 1 aromatic heterocycles. The lowest BCUT2D eigenvalue weighted by Crippen LogP contribution is -2.18. The normalized spacial score (nSPS) is 17.3. The van der Waals surface area contributed by atoms with Crippen LogP contribution in [0.25, 0.3) is 0 Å². The number of nitrogens with two attached hydrogens (primary N) is 1. The van der Waals surface area contributed by atoms with Crippen LogP contribution in [-0.2, 0) is 6.42 Å². The Morgan fingerprint density at radius 2 is 2.29 bits per heavy atom. The Morgan fingerprint density at radius 3 is 3.05 bits per heavy atom. The van der Waals surface area contributed by atoms with Crippen molar-refractivity contribution in [2.24, 2.45) is 5.73 Å². The number of halogens is 1. The molecule has 0 fully saturated rings. The molecule has 21 heavy (non-hydrogen) atoms. The van der Waals surface area contributed by atoms with Gasteiger partial charge in [-0.3, -0.25) is 4.79 Å². The van der Waals surface area contributed by atoms with Crippen LogP contribution in [0, 0.1) is 9.81 Å². The van der Waals surface area contributed by atoms with Gasteiger partial charge < -0.3 is 11.1 Å². The number of nitrogens with one attached hydrogen (secondary N) is 1. The minimum Gasteiger partial charge on any atom is -0.378 e. The average molecular weight is 412 g/mol. The Morgan fingerprint density at radius 1 is 1.48 bits per heavy atom. The van der Waals surface area contributed by atoms with Gasteiger partial charge >= 0.3 is 0 Å². The third kappa shape index (κ3) is 2.94. The number of anilines is 1.